The number of anilines is 1. The number of hydrogen-bond acceptors (Lipinski definition) is 2. The molecule has 0 fully saturated rings. The highest BCUT2D eigenvalue weighted by molar-refractivity contribution is 6.08. The van der Waals surface area contributed by atoms with Crippen LogP contribution in [-0.2, 0) is 10.8 Å². The first-order valence-electron chi connectivity index (χ1n) is 10.6. The van der Waals surface area contributed by atoms with E-state index < -0.39 is 0 Å². The molecule has 0 bridgehead atoms. The van der Waals surface area contributed by atoms with Crippen molar-refractivity contribution in [1.82, 2.24) is 0 Å². The maximum Gasteiger partial charge on any atom is 0.0674 e. The number of nitrogens with one attached hydrogen (secondary N) is 1. The summed E-state index contributed by atoms with van der Waals surface area (Å²) in [5, 5.41) is 3.56. The van der Waals surface area contributed by atoms with Gasteiger partial charge in [-0.15, -0.1) is 0 Å². The van der Waals surface area contributed by atoms with Crippen LogP contribution in [-0.4, -0.2) is 5.71 Å². The zero-order chi connectivity index (χ0) is 21.4. The van der Waals surface area contributed by atoms with E-state index in [0.717, 1.165) is 11.4 Å². The van der Waals surface area contributed by atoms with Crippen LogP contribution in [0.4, 0.5) is 11.4 Å². The third-order valence-electron chi connectivity index (χ3n) is 6.24. The maximum absolute atomic E-state index is 4.82. The van der Waals surface area contributed by atoms with E-state index in [1.807, 2.05) is 6.07 Å². The molecular formula is C28H30N2. The molecule has 2 aliphatic rings. The van der Waals surface area contributed by atoms with Crippen molar-refractivity contribution in [3.05, 3.63) is 107 Å². The van der Waals surface area contributed by atoms with E-state index in [0.29, 0.717) is 0 Å². The van der Waals surface area contributed by atoms with Crippen LogP contribution in [0, 0.1) is 0 Å². The molecule has 0 saturated heterocycles. The lowest BCUT2D eigenvalue weighted by Gasteiger charge is -2.20. The van der Waals surface area contributed by atoms with Crippen LogP contribution >= 0.6 is 0 Å². The summed E-state index contributed by atoms with van der Waals surface area (Å²) in [6.07, 6.45) is 12.8. The average molecular weight is 395 g/mol. The van der Waals surface area contributed by atoms with Gasteiger partial charge in [0, 0.05) is 22.2 Å². The van der Waals surface area contributed by atoms with Crippen molar-refractivity contribution in [3.8, 4) is 0 Å². The van der Waals surface area contributed by atoms with Gasteiger partial charge in [0.15, 0.2) is 0 Å². The molecule has 0 atom stereocenters. The molecule has 2 aliphatic heterocycles. The fourth-order valence-electron chi connectivity index (χ4n) is 4.23. The third-order valence-corrected chi connectivity index (χ3v) is 6.24. The van der Waals surface area contributed by atoms with E-state index in [9.17, 15) is 0 Å². The van der Waals surface area contributed by atoms with Crippen LogP contribution in [0.25, 0.3) is 0 Å². The first kappa shape index (κ1) is 20.2. The fraction of sp³-hybridized carbons (Fsp3) is 0.250. The minimum absolute atomic E-state index is 0.000336. The topological polar surface area (TPSA) is 24.4 Å². The van der Waals surface area contributed by atoms with E-state index >= 15 is 0 Å². The second kappa shape index (κ2) is 7.60. The van der Waals surface area contributed by atoms with Crippen LogP contribution in [0.2, 0.25) is 0 Å². The number of aliphatic imine (C=N–C) groups is 1. The number of allylic oxidation sites excluding steroid dienone is 8. The lowest BCUT2D eigenvalue weighted by molar-refractivity contribution is 0.654. The lowest BCUT2D eigenvalue weighted by Crippen LogP contribution is -2.23. The van der Waals surface area contributed by atoms with E-state index in [2.05, 4.69) is 119 Å². The molecule has 0 amide bonds. The first-order chi connectivity index (χ1) is 14.3. The molecule has 2 heteroatoms. The summed E-state index contributed by atoms with van der Waals surface area (Å²) in [4.78, 5) is 4.82. The van der Waals surface area contributed by atoms with Gasteiger partial charge in [-0.05, 0) is 42.3 Å². The standard InChI is InChI=1S/C28H30N2/c1-20(12-10-18-25-27(2,3)21-14-6-8-16-23(21)29-25)13-11-19-26-28(4,5)22-15-7-9-17-24(22)30-26/h6-19,29H,1-5H3. The van der Waals surface area contributed by atoms with E-state index in [1.165, 1.54) is 28.1 Å². The highest BCUT2D eigenvalue weighted by Gasteiger charge is 2.34. The molecule has 4 rings (SSSR count). The molecule has 0 aliphatic carbocycles. The molecule has 1 N–H and O–H groups in total. The van der Waals surface area contributed by atoms with Crippen molar-refractivity contribution in [2.75, 3.05) is 5.32 Å². The van der Waals surface area contributed by atoms with Gasteiger partial charge in [-0.25, -0.2) is 0 Å². The number of benzene rings is 2. The summed E-state index contributed by atoms with van der Waals surface area (Å²) in [6.45, 7) is 11.1. The van der Waals surface area contributed by atoms with Crippen molar-refractivity contribution in [2.24, 2.45) is 4.99 Å². The number of fused-ring (bicyclic) bond motifs is 2. The van der Waals surface area contributed by atoms with E-state index in [1.54, 1.807) is 0 Å². The Kier molecular flexibility index (Phi) is 5.11. The Balaban J connectivity index is 1.45. The second-order valence-corrected chi connectivity index (χ2v) is 9.14. The summed E-state index contributed by atoms with van der Waals surface area (Å²) in [5.41, 5.74) is 8.41. The molecule has 0 spiro atoms. The Hall–Kier alpha value is -3.13. The highest BCUT2D eigenvalue weighted by Crippen LogP contribution is 2.43. The van der Waals surface area contributed by atoms with Crippen LogP contribution in [0.3, 0.4) is 0 Å². The molecular weight excluding hydrogens is 364 g/mol. The fourth-order valence-corrected chi connectivity index (χ4v) is 4.23. The maximum atomic E-state index is 4.82. The molecule has 30 heavy (non-hydrogen) atoms. The Morgan fingerprint density at radius 2 is 1.57 bits per heavy atom. The average Bonchev–Trinajstić information content (AvgIpc) is 3.12. The first-order valence-corrected chi connectivity index (χ1v) is 10.6. The zero-order valence-corrected chi connectivity index (χ0v) is 18.5. The van der Waals surface area contributed by atoms with Crippen molar-refractivity contribution >= 4 is 17.1 Å². The lowest BCUT2D eigenvalue weighted by atomic mass is 9.81. The van der Waals surface area contributed by atoms with Gasteiger partial charge in [-0.2, -0.15) is 0 Å². The number of hydrogen-bond donors (Lipinski definition) is 1. The molecule has 2 aromatic rings. The van der Waals surface area contributed by atoms with Gasteiger partial charge in [0.25, 0.3) is 0 Å². The normalized spacial score (nSPS) is 20.5. The monoisotopic (exact) mass is 394 g/mol. The van der Waals surface area contributed by atoms with Crippen LogP contribution in [0.5, 0.6) is 0 Å². The summed E-state index contributed by atoms with van der Waals surface area (Å²) < 4.78 is 0. The zero-order valence-electron chi connectivity index (χ0n) is 18.5. The van der Waals surface area contributed by atoms with Crippen LogP contribution < -0.4 is 5.32 Å². The number of para-hydroxylation sites is 2. The van der Waals surface area contributed by atoms with Gasteiger partial charge in [0.1, 0.15) is 0 Å². The molecule has 2 aromatic carbocycles. The Morgan fingerprint density at radius 3 is 2.30 bits per heavy atom. The summed E-state index contributed by atoms with van der Waals surface area (Å²) in [5.74, 6) is 0. The number of nitrogens with zero attached hydrogens (tertiary/aromatic N) is 1. The molecule has 152 valence electrons. The smallest absolute Gasteiger partial charge is 0.0674 e. The van der Waals surface area contributed by atoms with E-state index in [-0.39, 0.29) is 10.8 Å². The summed E-state index contributed by atoms with van der Waals surface area (Å²) in [6, 6.07) is 16.9. The van der Waals surface area contributed by atoms with Gasteiger partial charge in [0.2, 0.25) is 0 Å². The molecule has 0 unspecified atom stereocenters. The van der Waals surface area contributed by atoms with Crippen molar-refractivity contribution < 1.29 is 0 Å². The van der Waals surface area contributed by atoms with Crippen molar-refractivity contribution in [2.45, 2.75) is 45.4 Å². The molecule has 2 heterocycles. The SMILES string of the molecule is CC(C=CC=C1Nc2ccccc2C1(C)C)=CC=CC1=Nc2ccccc2C1(C)C. The number of rotatable bonds is 4. The predicted molar refractivity (Wildman–Crippen MR) is 130 cm³/mol. The third kappa shape index (κ3) is 3.59. The molecule has 2 nitrogen and oxygen atoms in total. The van der Waals surface area contributed by atoms with Gasteiger partial charge in [-0.1, -0.05) is 94.0 Å². The quantitative estimate of drug-likeness (QED) is 0.537. The van der Waals surface area contributed by atoms with Gasteiger partial charge < -0.3 is 5.32 Å². The van der Waals surface area contributed by atoms with Crippen LogP contribution in [0.15, 0.2) is 101 Å². The highest BCUT2D eigenvalue weighted by atomic mass is 14.9. The van der Waals surface area contributed by atoms with Crippen molar-refractivity contribution in [1.29, 1.82) is 0 Å². The predicted octanol–water partition coefficient (Wildman–Crippen LogP) is 7.40. The molecule has 0 radical (unpaired) electrons. The Labute approximate surface area is 180 Å². The van der Waals surface area contributed by atoms with Crippen molar-refractivity contribution in [3.63, 3.8) is 0 Å². The molecule has 0 saturated carbocycles. The van der Waals surface area contributed by atoms with Gasteiger partial charge in [0.05, 0.1) is 11.4 Å². The largest absolute Gasteiger partial charge is 0.358 e. The van der Waals surface area contributed by atoms with Gasteiger partial charge >= 0.3 is 0 Å². The van der Waals surface area contributed by atoms with E-state index in [4.69, 9.17) is 4.99 Å². The second-order valence-electron chi connectivity index (χ2n) is 9.14. The minimum atomic E-state index is -0.0518. The Morgan fingerprint density at radius 1 is 0.867 bits per heavy atom. The van der Waals surface area contributed by atoms with Crippen LogP contribution in [0.1, 0.15) is 45.7 Å². The Bertz CT molecular complexity index is 1120. The summed E-state index contributed by atoms with van der Waals surface area (Å²) >= 11 is 0. The minimum Gasteiger partial charge on any atom is -0.358 e. The molecule has 0 aromatic heterocycles. The summed E-state index contributed by atoms with van der Waals surface area (Å²) in [7, 11) is 0. The van der Waals surface area contributed by atoms with Gasteiger partial charge in [-0.3, -0.25) is 4.99 Å².